The summed E-state index contributed by atoms with van der Waals surface area (Å²) in [6, 6.07) is 8.03. The van der Waals surface area contributed by atoms with E-state index in [-0.39, 0.29) is 33.1 Å². The number of hydrogen-bond acceptors (Lipinski definition) is 5. The van der Waals surface area contributed by atoms with E-state index in [9.17, 15) is 18.1 Å². The predicted octanol–water partition coefficient (Wildman–Crippen LogP) is 2.83. The van der Waals surface area contributed by atoms with E-state index in [1.165, 1.54) is 24.4 Å². The molecule has 0 amide bonds. The third kappa shape index (κ3) is 3.43. The van der Waals surface area contributed by atoms with Gasteiger partial charge in [-0.1, -0.05) is 0 Å². The van der Waals surface area contributed by atoms with Crippen LogP contribution in [0.25, 0.3) is 0 Å². The fourth-order valence-electron chi connectivity index (χ4n) is 3.04. The number of rotatable bonds is 4. The van der Waals surface area contributed by atoms with E-state index in [4.69, 9.17) is 15.3 Å². The summed E-state index contributed by atoms with van der Waals surface area (Å²) in [7, 11) is -3.64. The zero-order valence-corrected chi connectivity index (χ0v) is 14.6. The van der Waals surface area contributed by atoms with E-state index < -0.39 is 21.6 Å². The van der Waals surface area contributed by atoms with E-state index in [2.05, 4.69) is 0 Å². The Morgan fingerprint density at radius 3 is 2.78 bits per heavy atom. The highest BCUT2D eigenvalue weighted by Crippen LogP contribution is 2.42. The number of halogens is 2. The maximum absolute atomic E-state index is 13.6. The average Bonchev–Trinajstić information content (AvgIpc) is 3.04. The van der Waals surface area contributed by atoms with Crippen molar-refractivity contribution in [1.29, 1.82) is 10.5 Å². The Labute approximate surface area is 154 Å². The minimum absolute atomic E-state index is 0.0455. The molecule has 0 fully saturated rings. The molecule has 9 heteroatoms. The molecule has 0 bridgehead atoms. The standard InChI is InChI=1S/C18H13F2N3O3S/c19-9-27(25,23-10-22)17-4-3-16(14-1-2-15(24)18(14)17)26-13-6-11(8-21)5-12(20)7-13/h3-7,9,15,24H,1-2H2,(H,23,25). The van der Waals surface area contributed by atoms with Crippen molar-refractivity contribution in [2.24, 2.45) is 0 Å². The monoisotopic (exact) mass is 389 g/mol. The lowest BCUT2D eigenvalue weighted by molar-refractivity contribution is 0.177. The first kappa shape index (κ1) is 18.6. The molecule has 0 spiro atoms. The minimum atomic E-state index is -3.64. The summed E-state index contributed by atoms with van der Waals surface area (Å²) in [5, 5.41) is 28.0. The number of nitrogens with zero attached hydrogens (tertiary/aromatic N) is 2. The van der Waals surface area contributed by atoms with Crippen molar-refractivity contribution < 1.29 is 22.8 Å². The third-order valence-corrected chi connectivity index (χ3v) is 5.81. The maximum atomic E-state index is 13.6. The van der Waals surface area contributed by atoms with Gasteiger partial charge >= 0.3 is 0 Å². The molecule has 0 heterocycles. The van der Waals surface area contributed by atoms with Crippen LogP contribution in [0.4, 0.5) is 8.78 Å². The van der Waals surface area contributed by atoms with Gasteiger partial charge in [-0.25, -0.2) is 17.7 Å². The summed E-state index contributed by atoms with van der Waals surface area (Å²) in [6.45, 7) is 0. The second-order valence-electron chi connectivity index (χ2n) is 5.80. The molecule has 2 unspecified atom stereocenters. The van der Waals surface area contributed by atoms with Gasteiger partial charge < -0.3 is 9.84 Å². The molecule has 2 N–H and O–H groups in total. The molecular formula is C18H13F2N3O3S. The highest BCUT2D eigenvalue weighted by Gasteiger charge is 2.31. The van der Waals surface area contributed by atoms with E-state index >= 15 is 0 Å². The van der Waals surface area contributed by atoms with Gasteiger partial charge in [-0.15, -0.1) is 0 Å². The van der Waals surface area contributed by atoms with E-state index in [0.29, 0.717) is 18.4 Å². The molecule has 0 aliphatic heterocycles. The summed E-state index contributed by atoms with van der Waals surface area (Å²) in [5.74, 6) is -0.307. The van der Waals surface area contributed by atoms with Gasteiger partial charge in [-0.3, -0.25) is 0 Å². The van der Waals surface area contributed by atoms with E-state index in [0.717, 1.165) is 12.1 Å². The fourth-order valence-corrected chi connectivity index (χ4v) is 4.28. The highest BCUT2D eigenvalue weighted by molar-refractivity contribution is 7.99. The molecule has 2 aromatic carbocycles. The number of fused-ring (bicyclic) bond motifs is 1. The van der Waals surface area contributed by atoms with Gasteiger partial charge in [-0.05, 0) is 37.1 Å². The Morgan fingerprint density at radius 1 is 1.33 bits per heavy atom. The Kier molecular flexibility index (Phi) is 5.00. The number of aliphatic hydroxyl groups excluding tert-OH is 1. The van der Waals surface area contributed by atoms with Gasteiger partial charge in [0.15, 0.2) is 11.8 Å². The fraction of sp³-hybridized carbons (Fsp3) is 0.167. The molecule has 138 valence electrons. The van der Waals surface area contributed by atoms with E-state index in [1.54, 1.807) is 0 Å². The van der Waals surface area contributed by atoms with Crippen LogP contribution in [-0.4, -0.2) is 14.9 Å². The summed E-state index contributed by atoms with van der Waals surface area (Å²) < 4.78 is 47.2. The molecule has 0 aromatic heterocycles. The Hall–Kier alpha value is -3.14. The average molecular weight is 389 g/mol. The van der Waals surface area contributed by atoms with Crippen LogP contribution >= 0.6 is 0 Å². The van der Waals surface area contributed by atoms with Gasteiger partial charge in [0.05, 0.1) is 22.6 Å². The predicted molar refractivity (Wildman–Crippen MR) is 93.2 cm³/mol. The lowest BCUT2D eigenvalue weighted by Crippen LogP contribution is -2.22. The summed E-state index contributed by atoms with van der Waals surface area (Å²) >= 11 is 0. The quantitative estimate of drug-likeness (QED) is 0.362. The number of hydrogen-bond donors (Lipinski definition) is 2. The molecule has 1 aliphatic rings. The molecule has 0 radical (unpaired) electrons. The second kappa shape index (κ2) is 7.23. The van der Waals surface area contributed by atoms with Crippen molar-refractivity contribution in [3.05, 3.63) is 52.8 Å². The molecule has 6 nitrogen and oxygen atoms in total. The topological polar surface area (TPSA) is 106 Å². The van der Waals surface area contributed by atoms with Crippen molar-refractivity contribution in [3.8, 4) is 23.8 Å². The van der Waals surface area contributed by atoms with Crippen LogP contribution in [0.2, 0.25) is 0 Å². The SMILES string of the molecule is N#CNS(=O)(=CF)c1ccc(Oc2cc(F)cc(C#N)c2)c2c1C(O)CC2. The zero-order valence-electron chi connectivity index (χ0n) is 13.8. The van der Waals surface area contributed by atoms with Crippen molar-refractivity contribution in [1.82, 2.24) is 4.72 Å². The molecule has 3 rings (SSSR count). The number of nitriles is 2. The number of benzene rings is 2. The molecule has 2 atom stereocenters. The first-order valence-electron chi connectivity index (χ1n) is 7.77. The van der Waals surface area contributed by atoms with Crippen LogP contribution in [0.5, 0.6) is 11.5 Å². The van der Waals surface area contributed by atoms with Gasteiger partial charge in [0.25, 0.3) is 0 Å². The lowest BCUT2D eigenvalue weighted by Gasteiger charge is -2.17. The van der Waals surface area contributed by atoms with Crippen molar-refractivity contribution >= 4 is 15.3 Å². The normalized spacial score (nSPS) is 17.1. The maximum Gasteiger partial charge on any atom is 0.189 e. The Bertz CT molecular complexity index is 1110. The van der Waals surface area contributed by atoms with Crippen LogP contribution in [-0.2, 0) is 16.1 Å². The summed E-state index contributed by atoms with van der Waals surface area (Å²) in [6.07, 6.45) is 1.09. The van der Waals surface area contributed by atoms with Crippen LogP contribution in [0.3, 0.4) is 0 Å². The van der Waals surface area contributed by atoms with Crippen LogP contribution in [0.1, 0.15) is 29.2 Å². The number of nitrogens with one attached hydrogen (secondary N) is 1. The highest BCUT2D eigenvalue weighted by atomic mass is 32.2. The minimum Gasteiger partial charge on any atom is -0.457 e. The summed E-state index contributed by atoms with van der Waals surface area (Å²) in [4.78, 5) is -0.0455. The second-order valence-corrected chi connectivity index (χ2v) is 7.83. The van der Waals surface area contributed by atoms with Crippen LogP contribution < -0.4 is 9.46 Å². The van der Waals surface area contributed by atoms with Gasteiger partial charge in [-0.2, -0.15) is 10.5 Å². The van der Waals surface area contributed by atoms with Gasteiger partial charge in [0, 0.05) is 17.2 Å². The largest absolute Gasteiger partial charge is 0.457 e. The number of ether oxygens (including phenoxy) is 1. The first-order valence-corrected chi connectivity index (χ1v) is 9.40. The smallest absolute Gasteiger partial charge is 0.189 e. The van der Waals surface area contributed by atoms with Crippen molar-refractivity contribution in [2.45, 2.75) is 23.8 Å². The third-order valence-electron chi connectivity index (χ3n) is 4.15. The lowest BCUT2D eigenvalue weighted by atomic mass is 10.1. The number of aliphatic hydroxyl groups is 1. The zero-order chi connectivity index (χ0) is 19.6. The molecule has 1 aliphatic carbocycles. The van der Waals surface area contributed by atoms with Gasteiger partial charge in [0.2, 0.25) is 0 Å². The van der Waals surface area contributed by atoms with Crippen molar-refractivity contribution in [3.63, 3.8) is 0 Å². The van der Waals surface area contributed by atoms with E-state index in [1.807, 2.05) is 10.8 Å². The molecular weight excluding hydrogens is 376 g/mol. The molecule has 0 saturated heterocycles. The van der Waals surface area contributed by atoms with Gasteiger partial charge in [0.1, 0.15) is 27.0 Å². The van der Waals surface area contributed by atoms with Crippen LogP contribution in [0.15, 0.2) is 35.2 Å². The van der Waals surface area contributed by atoms with Crippen molar-refractivity contribution in [2.75, 3.05) is 0 Å². The molecule has 27 heavy (non-hydrogen) atoms. The Balaban J connectivity index is 2.11. The molecule has 2 aromatic rings. The van der Waals surface area contributed by atoms with Crippen LogP contribution in [0, 0.1) is 28.6 Å². The first-order chi connectivity index (χ1) is 12.9. The summed E-state index contributed by atoms with van der Waals surface area (Å²) in [5.41, 5.74) is 0.665. The Morgan fingerprint density at radius 2 is 2.11 bits per heavy atom. The molecule has 0 saturated carbocycles.